The first-order chi connectivity index (χ1) is 10.1. The summed E-state index contributed by atoms with van der Waals surface area (Å²) in [6.07, 6.45) is 1.21. The molecule has 1 aromatic heterocycles. The number of aryl methyl sites for hydroxylation is 1. The Morgan fingerprint density at radius 2 is 2.29 bits per heavy atom. The van der Waals surface area contributed by atoms with Crippen molar-refractivity contribution < 1.29 is 9.53 Å². The predicted molar refractivity (Wildman–Crippen MR) is 84.1 cm³/mol. The summed E-state index contributed by atoms with van der Waals surface area (Å²) in [5, 5.41) is 12.6. The smallest absolute Gasteiger partial charge is 0.266 e. The van der Waals surface area contributed by atoms with E-state index in [1.165, 1.54) is 11.3 Å². The lowest BCUT2D eigenvalue weighted by Crippen LogP contribution is -2.30. The van der Waals surface area contributed by atoms with E-state index in [0.29, 0.717) is 15.9 Å². The number of halogens is 1. The topological polar surface area (TPSA) is 64.1 Å². The summed E-state index contributed by atoms with van der Waals surface area (Å²) in [7, 11) is 0. The fourth-order valence-electron chi connectivity index (χ4n) is 1.62. The van der Waals surface area contributed by atoms with Gasteiger partial charge in [0.25, 0.3) is 5.91 Å². The van der Waals surface area contributed by atoms with Crippen LogP contribution in [0.25, 0.3) is 0 Å². The van der Waals surface area contributed by atoms with Gasteiger partial charge in [-0.05, 0) is 31.5 Å². The van der Waals surface area contributed by atoms with Crippen molar-refractivity contribution >= 4 is 34.0 Å². The molecule has 1 amide bonds. The maximum absolute atomic E-state index is 12.0. The number of nitrogens with zero attached hydrogens (tertiary/aromatic N) is 2. The van der Waals surface area contributed by atoms with E-state index in [0.717, 1.165) is 17.8 Å². The van der Waals surface area contributed by atoms with E-state index in [2.05, 4.69) is 22.4 Å². The number of hydrogen-bond donors (Lipinski definition) is 1. The first-order valence-electron chi connectivity index (χ1n) is 6.64. The van der Waals surface area contributed by atoms with E-state index in [4.69, 9.17) is 16.3 Å². The first-order valence-corrected chi connectivity index (χ1v) is 7.83. The quantitative estimate of drug-likeness (QED) is 0.882. The van der Waals surface area contributed by atoms with Crippen molar-refractivity contribution in [2.45, 2.75) is 32.8 Å². The number of rotatable bonds is 6. The minimum Gasteiger partial charge on any atom is -0.481 e. The third-order valence-corrected chi connectivity index (χ3v) is 3.77. The molecule has 2 rings (SSSR count). The molecular formula is C14H16ClN3O2S. The highest BCUT2D eigenvalue weighted by molar-refractivity contribution is 7.15. The zero-order chi connectivity index (χ0) is 15.2. The molecule has 112 valence electrons. The van der Waals surface area contributed by atoms with Gasteiger partial charge in [-0.25, -0.2) is 0 Å². The van der Waals surface area contributed by atoms with Gasteiger partial charge in [0.15, 0.2) is 6.10 Å². The average molecular weight is 326 g/mol. The van der Waals surface area contributed by atoms with Crippen LogP contribution in [0.15, 0.2) is 24.3 Å². The lowest BCUT2D eigenvalue weighted by molar-refractivity contribution is -0.122. The molecule has 1 heterocycles. The molecular weight excluding hydrogens is 310 g/mol. The van der Waals surface area contributed by atoms with Crippen molar-refractivity contribution in [3.63, 3.8) is 0 Å². The molecule has 1 atom stereocenters. The molecule has 0 saturated heterocycles. The van der Waals surface area contributed by atoms with E-state index < -0.39 is 6.10 Å². The molecule has 0 aliphatic rings. The lowest BCUT2D eigenvalue weighted by atomic mass is 10.3. The van der Waals surface area contributed by atoms with Crippen molar-refractivity contribution in [2.24, 2.45) is 0 Å². The molecule has 0 fully saturated rings. The van der Waals surface area contributed by atoms with Crippen LogP contribution >= 0.6 is 22.9 Å². The summed E-state index contributed by atoms with van der Waals surface area (Å²) in [5.74, 6) is 0.281. The molecule has 2 aromatic rings. The van der Waals surface area contributed by atoms with Crippen LogP contribution in [-0.2, 0) is 11.2 Å². The highest BCUT2D eigenvalue weighted by atomic mass is 35.5. The molecule has 1 aromatic carbocycles. The number of carbonyl (C=O) groups excluding carboxylic acids is 1. The molecule has 0 bridgehead atoms. The number of carbonyl (C=O) groups is 1. The maximum Gasteiger partial charge on any atom is 0.266 e. The van der Waals surface area contributed by atoms with Gasteiger partial charge in [-0.15, -0.1) is 10.2 Å². The lowest BCUT2D eigenvalue weighted by Gasteiger charge is -2.13. The summed E-state index contributed by atoms with van der Waals surface area (Å²) in [5.41, 5.74) is 0. The van der Waals surface area contributed by atoms with Crippen LogP contribution in [0.1, 0.15) is 25.3 Å². The van der Waals surface area contributed by atoms with Crippen molar-refractivity contribution in [1.29, 1.82) is 0 Å². The third-order valence-electron chi connectivity index (χ3n) is 2.64. The molecule has 1 N–H and O–H groups in total. The van der Waals surface area contributed by atoms with Gasteiger partial charge in [-0.3, -0.25) is 10.1 Å². The molecule has 0 spiro atoms. The van der Waals surface area contributed by atoms with Crippen molar-refractivity contribution in [2.75, 3.05) is 5.32 Å². The standard InChI is InChI=1S/C14H16ClN3O2S/c1-3-5-12-17-18-14(21-12)16-13(19)9(2)20-11-7-4-6-10(15)8-11/h4,6-9H,3,5H2,1-2H3,(H,16,18,19). The normalized spacial score (nSPS) is 12.0. The van der Waals surface area contributed by atoms with Crippen LogP contribution < -0.4 is 10.1 Å². The number of amides is 1. The van der Waals surface area contributed by atoms with Crippen molar-refractivity contribution in [3.05, 3.63) is 34.3 Å². The number of aromatic nitrogens is 2. The molecule has 0 aliphatic carbocycles. The number of ether oxygens (including phenoxy) is 1. The molecule has 0 saturated carbocycles. The Labute approximate surface area is 132 Å². The fourth-order valence-corrected chi connectivity index (χ4v) is 2.65. The monoisotopic (exact) mass is 325 g/mol. The van der Waals surface area contributed by atoms with E-state index in [1.807, 2.05) is 0 Å². The SMILES string of the molecule is CCCc1nnc(NC(=O)C(C)Oc2cccc(Cl)c2)s1. The Kier molecular flexibility index (Phi) is 5.52. The van der Waals surface area contributed by atoms with Gasteiger partial charge in [0, 0.05) is 11.4 Å². The van der Waals surface area contributed by atoms with Crippen LogP contribution in [-0.4, -0.2) is 22.2 Å². The molecule has 1 unspecified atom stereocenters. The molecule has 0 aliphatic heterocycles. The van der Waals surface area contributed by atoms with E-state index >= 15 is 0 Å². The van der Waals surface area contributed by atoms with Gasteiger partial charge in [0.05, 0.1) is 0 Å². The Hall–Kier alpha value is -1.66. The van der Waals surface area contributed by atoms with Crippen LogP contribution in [0.2, 0.25) is 5.02 Å². The number of nitrogens with one attached hydrogen (secondary N) is 1. The summed E-state index contributed by atoms with van der Waals surface area (Å²) >= 11 is 7.25. The van der Waals surface area contributed by atoms with Crippen molar-refractivity contribution in [1.82, 2.24) is 10.2 Å². The predicted octanol–water partition coefficient (Wildman–Crippen LogP) is 3.55. The average Bonchev–Trinajstić information content (AvgIpc) is 2.86. The largest absolute Gasteiger partial charge is 0.481 e. The van der Waals surface area contributed by atoms with Gasteiger partial charge in [-0.1, -0.05) is 35.9 Å². The van der Waals surface area contributed by atoms with Gasteiger partial charge in [-0.2, -0.15) is 0 Å². The highest BCUT2D eigenvalue weighted by Gasteiger charge is 2.17. The zero-order valence-corrected chi connectivity index (χ0v) is 13.4. The Morgan fingerprint density at radius 3 is 3.00 bits per heavy atom. The number of hydrogen-bond acceptors (Lipinski definition) is 5. The molecule has 0 radical (unpaired) electrons. The third kappa shape index (κ3) is 4.68. The fraction of sp³-hybridized carbons (Fsp3) is 0.357. The molecule has 21 heavy (non-hydrogen) atoms. The van der Waals surface area contributed by atoms with Gasteiger partial charge in [0.1, 0.15) is 10.8 Å². The first kappa shape index (κ1) is 15.7. The summed E-state index contributed by atoms with van der Waals surface area (Å²) in [6, 6.07) is 6.93. The van der Waals surface area contributed by atoms with Crippen molar-refractivity contribution in [3.8, 4) is 5.75 Å². The van der Waals surface area contributed by atoms with Crippen LogP contribution in [0.4, 0.5) is 5.13 Å². The molecule has 7 heteroatoms. The Bertz CT molecular complexity index is 618. The Balaban J connectivity index is 1.92. The second-order valence-corrected chi connectivity index (χ2v) is 5.96. The maximum atomic E-state index is 12.0. The summed E-state index contributed by atoms with van der Waals surface area (Å²) in [4.78, 5) is 12.0. The van der Waals surface area contributed by atoms with E-state index in [1.54, 1.807) is 31.2 Å². The minimum absolute atomic E-state index is 0.269. The van der Waals surface area contributed by atoms with Gasteiger partial charge < -0.3 is 4.74 Å². The second kappa shape index (κ2) is 7.38. The Morgan fingerprint density at radius 1 is 1.48 bits per heavy atom. The number of benzene rings is 1. The molecule has 5 nitrogen and oxygen atoms in total. The van der Waals surface area contributed by atoms with Gasteiger partial charge in [0.2, 0.25) is 5.13 Å². The van der Waals surface area contributed by atoms with Gasteiger partial charge >= 0.3 is 0 Å². The summed E-state index contributed by atoms with van der Waals surface area (Å²) < 4.78 is 5.54. The van der Waals surface area contributed by atoms with Crippen LogP contribution in [0.5, 0.6) is 5.75 Å². The second-order valence-electron chi connectivity index (χ2n) is 4.46. The zero-order valence-electron chi connectivity index (χ0n) is 11.8. The van der Waals surface area contributed by atoms with Crippen LogP contribution in [0, 0.1) is 0 Å². The minimum atomic E-state index is -0.651. The van der Waals surface area contributed by atoms with E-state index in [9.17, 15) is 4.79 Å². The van der Waals surface area contributed by atoms with E-state index in [-0.39, 0.29) is 5.91 Å². The van der Waals surface area contributed by atoms with Crippen LogP contribution in [0.3, 0.4) is 0 Å². The number of anilines is 1. The highest BCUT2D eigenvalue weighted by Crippen LogP contribution is 2.20. The summed E-state index contributed by atoms with van der Waals surface area (Å²) in [6.45, 7) is 3.74.